The predicted octanol–water partition coefficient (Wildman–Crippen LogP) is 23.1. The zero-order chi connectivity index (χ0) is 58.5. The second kappa shape index (κ2) is 67.8. The molecule has 0 saturated heterocycles. The summed E-state index contributed by atoms with van der Waals surface area (Å²) < 4.78 is 16.9. The largest absolute Gasteiger partial charge is 0.462 e. The lowest BCUT2D eigenvalue weighted by Crippen LogP contribution is -2.30. The summed E-state index contributed by atoms with van der Waals surface area (Å²) in [5.74, 6) is -0.938. The van der Waals surface area contributed by atoms with Crippen molar-refractivity contribution in [3.8, 4) is 0 Å². The molecular weight excluding hydrogens is 997 g/mol. The molecule has 0 aromatic heterocycles. The van der Waals surface area contributed by atoms with Gasteiger partial charge >= 0.3 is 17.9 Å². The minimum Gasteiger partial charge on any atom is -0.462 e. The Labute approximate surface area is 499 Å². The Morgan fingerprint density at radius 2 is 0.494 bits per heavy atom. The standard InChI is InChI=1S/C75H122O6/c1-4-7-10-13-16-19-22-25-28-30-31-32-33-34-35-36-37-38-39-40-41-42-43-44-45-46-48-50-53-56-59-62-65-68-74(77)80-71-72(70-79-73(76)67-64-61-58-55-52-49-27-24-21-18-15-12-9-6-3)81-75(78)69-66-63-60-57-54-51-47-29-26-23-20-17-14-11-8-5-2/h7,10,15-16,18-19,24-25,27-29,31-32,34-35,37-38,40-41,43-44,46-48,72H,4-6,8-9,11-14,17,20-23,26,30,33,36,39,42,45,49-71H2,1-3H3/b10-7-,18-15-,19-16-,27-24-,28-25-,32-31-,35-34-,38-37-,41-40-,44-43-,47-29-,48-46-. The van der Waals surface area contributed by atoms with E-state index in [4.69, 9.17) is 14.2 Å². The fourth-order valence-corrected chi connectivity index (χ4v) is 8.80. The van der Waals surface area contributed by atoms with Crippen LogP contribution in [0.4, 0.5) is 0 Å². The van der Waals surface area contributed by atoms with Crippen molar-refractivity contribution >= 4 is 17.9 Å². The van der Waals surface area contributed by atoms with Gasteiger partial charge in [0, 0.05) is 19.3 Å². The molecule has 6 nitrogen and oxygen atoms in total. The van der Waals surface area contributed by atoms with E-state index in [1.165, 1.54) is 77.0 Å². The van der Waals surface area contributed by atoms with Gasteiger partial charge in [0.2, 0.25) is 0 Å². The molecule has 0 rings (SSSR count). The number of carbonyl (C=O) groups is 3. The lowest BCUT2D eigenvalue weighted by Gasteiger charge is -2.18. The van der Waals surface area contributed by atoms with Gasteiger partial charge in [0.25, 0.3) is 0 Å². The zero-order valence-electron chi connectivity index (χ0n) is 52.5. The van der Waals surface area contributed by atoms with Crippen molar-refractivity contribution < 1.29 is 28.6 Å². The molecule has 0 N–H and O–H groups in total. The topological polar surface area (TPSA) is 78.9 Å². The summed E-state index contributed by atoms with van der Waals surface area (Å²) in [4.78, 5) is 38.3. The number of esters is 3. The summed E-state index contributed by atoms with van der Waals surface area (Å²) in [7, 11) is 0. The van der Waals surface area contributed by atoms with E-state index in [0.29, 0.717) is 19.3 Å². The molecule has 0 spiro atoms. The molecule has 458 valence electrons. The van der Waals surface area contributed by atoms with Crippen molar-refractivity contribution in [3.63, 3.8) is 0 Å². The van der Waals surface area contributed by atoms with Crippen molar-refractivity contribution in [2.45, 2.75) is 297 Å². The van der Waals surface area contributed by atoms with Gasteiger partial charge in [-0.05, 0) is 141 Å². The van der Waals surface area contributed by atoms with E-state index < -0.39 is 6.10 Å². The first-order chi connectivity index (χ1) is 40.0. The Morgan fingerprint density at radius 1 is 0.259 bits per heavy atom. The number of allylic oxidation sites excluding steroid dienone is 24. The maximum absolute atomic E-state index is 12.9. The van der Waals surface area contributed by atoms with Crippen molar-refractivity contribution in [1.29, 1.82) is 0 Å². The number of ether oxygens (including phenoxy) is 3. The Morgan fingerprint density at radius 3 is 0.802 bits per heavy atom. The lowest BCUT2D eigenvalue weighted by molar-refractivity contribution is -0.167. The van der Waals surface area contributed by atoms with Gasteiger partial charge in [-0.25, -0.2) is 0 Å². The average Bonchev–Trinajstić information content (AvgIpc) is 3.47. The smallest absolute Gasteiger partial charge is 0.306 e. The van der Waals surface area contributed by atoms with Crippen molar-refractivity contribution in [2.24, 2.45) is 0 Å². The molecule has 0 aliphatic heterocycles. The molecule has 0 saturated carbocycles. The minimum absolute atomic E-state index is 0.0984. The number of rotatable bonds is 59. The van der Waals surface area contributed by atoms with E-state index >= 15 is 0 Å². The summed E-state index contributed by atoms with van der Waals surface area (Å²) >= 11 is 0. The van der Waals surface area contributed by atoms with Crippen LogP contribution in [0.25, 0.3) is 0 Å². The van der Waals surface area contributed by atoms with Gasteiger partial charge in [0.1, 0.15) is 13.2 Å². The van der Waals surface area contributed by atoms with E-state index in [1.54, 1.807) is 0 Å². The Balaban J connectivity index is 4.36. The zero-order valence-corrected chi connectivity index (χ0v) is 52.5. The first-order valence-corrected chi connectivity index (χ1v) is 33.3. The van der Waals surface area contributed by atoms with Crippen LogP contribution in [-0.2, 0) is 28.6 Å². The van der Waals surface area contributed by atoms with Crippen LogP contribution in [0.15, 0.2) is 146 Å². The van der Waals surface area contributed by atoms with Gasteiger partial charge in [0.15, 0.2) is 6.10 Å². The second-order valence-electron chi connectivity index (χ2n) is 21.6. The quantitative estimate of drug-likeness (QED) is 0.0261. The van der Waals surface area contributed by atoms with Gasteiger partial charge in [-0.2, -0.15) is 0 Å². The molecule has 0 bridgehead atoms. The Kier molecular flexibility index (Phi) is 63.9. The monoisotopic (exact) mass is 1120 g/mol. The normalized spacial score (nSPS) is 13.1. The van der Waals surface area contributed by atoms with Gasteiger partial charge in [-0.3, -0.25) is 14.4 Å². The molecule has 1 atom stereocenters. The highest BCUT2D eigenvalue weighted by molar-refractivity contribution is 5.71. The number of unbranched alkanes of at least 4 members (excludes halogenated alkanes) is 24. The Hall–Kier alpha value is -4.71. The molecule has 1 unspecified atom stereocenters. The molecule has 0 aliphatic carbocycles. The van der Waals surface area contributed by atoms with E-state index in [0.717, 1.165) is 173 Å². The highest BCUT2D eigenvalue weighted by Gasteiger charge is 2.19. The van der Waals surface area contributed by atoms with Crippen LogP contribution in [0.5, 0.6) is 0 Å². The predicted molar refractivity (Wildman–Crippen MR) is 352 cm³/mol. The van der Waals surface area contributed by atoms with Crippen molar-refractivity contribution in [1.82, 2.24) is 0 Å². The molecule has 0 fully saturated rings. The van der Waals surface area contributed by atoms with Crippen LogP contribution in [0, 0.1) is 0 Å². The summed E-state index contributed by atoms with van der Waals surface area (Å²) in [6, 6.07) is 0. The number of hydrogen-bond donors (Lipinski definition) is 0. The van der Waals surface area contributed by atoms with Crippen LogP contribution in [0.3, 0.4) is 0 Å². The summed E-state index contributed by atoms with van der Waals surface area (Å²) in [5.41, 5.74) is 0. The van der Waals surface area contributed by atoms with Crippen LogP contribution in [-0.4, -0.2) is 37.2 Å². The van der Waals surface area contributed by atoms with E-state index in [9.17, 15) is 14.4 Å². The fraction of sp³-hybridized carbons (Fsp3) is 0.640. The van der Waals surface area contributed by atoms with Gasteiger partial charge in [0.05, 0.1) is 0 Å². The summed E-state index contributed by atoms with van der Waals surface area (Å²) in [6.45, 7) is 6.45. The Bertz CT molecular complexity index is 1760. The average molecular weight is 1120 g/mol. The highest BCUT2D eigenvalue weighted by atomic mass is 16.6. The first kappa shape index (κ1) is 76.3. The first-order valence-electron chi connectivity index (χ1n) is 33.3. The molecule has 81 heavy (non-hydrogen) atoms. The lowest BCUT2D eigenvalue weighted by atomic mass is 10.1. The third kappa shape index (κ3) is 66.0. The third-order valence-electron chi connectivity index (χ3n) is 13.8. The van der Waals surface area contributed by atoms with Gasteiger partial charge in [-0.15, -0.1) is 0 Å². The highest BCUT2D eigenvalue weighted by Crippen LogP contribution is 2.14. The van der Waals surface area contributed by atoms with Crippen molar-refractivity contribution in [3.05, 3.63) is 146 Å². The minimum atomic E-state index is -0.803. The molecule has 6 heteroatoms. The van der Waals surface area contributed by atoms with Crippen LogP contribution in [0.1, 0.15) is 290 Å². The van der Waals surface area contributed by atoms with Gasteiger partial charge < -0.3 is 14.2 Å². The summed E-state index contributed by atoms with van der Waals surface area (Å²) in [5, 5.41) is 0. The maximum atomic E-state index is 12.9. The number of hydrogen-bond acceptors (Lipinski definition) is 6. The van der Waals surface area contributed by atoms with Gasteiger partial charge in [-0.1, -0.05) is 276 Å². The molecule has 0 aromatic carbocycles. The van der Waals surface area contributed by atoms with E-state index in [-0.39, 0.29) is 31.1 Å². The van der Waals surface area contributed by atoms with E-state index in [2.05, 4.69) is 167 Å². The summed E-state index contributed by atoms with van der Waals surface area (Å²) in [6.07, 6.45) is 97.1. The maximum Gasteiger partial charge on any atom is 0.306 e. The molecule has 0 radical (unpaired) electrons. The molecule has 0 aromatic rings. The molecule has 0 aliphatic rings. The van der Waals surface area contributed by atoms with Crippen LogP contribution in [0.2, 0.25) is 0 Å². The molecule has 0 amide bonds. The second-order valence-corrected chi connectivity index (χ2v) is 21.6. The van der Waals surface area contributed by atoms with E-state index in [1.807, 2.05) is 0 Å². The van der Waals surface area contributed by atoms with Crippen LogP contribution >= 0.6 is 0 Å². The molecular formula is C75H122O6. The number of carbonyl (C=O) groups excluding carboxylic acids is 3. The SMILES string of the molecule is CC/C=C\C/C=C\C/C=C\C/C=C\C/C=C\C/C=C\C/C=C\C/C=C\C/C=C\CCCCCCCC(=O)OCC(COC(=O)CCCCCCC/C=C\C/C=C\CCCC)OC(=O)CCCCCCC/C=C\CCCCCCCCC. The van der Waals surface area contributed by atoms with Crippen LogP contribution < -0.4 is 0 Å². The van der Waals surface area contributed by atoms with Crippen molar-refractivity contribution in [2.75, 3.05) is 13.2 Å². The third-order valence-corrected chi connectivity index (χ3v) is 13.8. The molecule has 0 heterocycles. The fourth-order valence-electron chi connectivity index (χ4n) is 8.80.